The molecule has 0 radical (unpaired) electrons. The van der Waals surface area contributed by atoms with E-state index in [1.807, 2.05) is 0 Å². The van der Waals surface area contributed by atoms with Crippen molar-refractivity contribution in [3.63, 3.8) is 0 Å². The molecular formula is C16H23BrCl2F2N2O2. The van der Waals surface area contributed by atoms with Crippen molar-refractivity contribution < 1.29 is 18.6 Å². The van der Waals surface area contributed by atoms with E-state index >= 15 is 0 Å². The minimum atomic E-state index is -1.18. The smallest absolute Gasteiger partial charge is 0.201 e. The molecule has 2 N–H and O–H groups in total. The van der Waals surface area contributed by atoms with E-state index < -0.39 is 17.4 Å². The number of benzene rings is 1. The first-order valence-electron chi connectivity index (χ1n) is 7.98. The highest BCUT2D eigenvalue weighted by atomic mass is 79.9. The Labute approximate surface area is 167 Å². The van der Waals surface area contributed by atoms with Crippen molar-refractivity contribution >= 4 is 40.7 Å². The van der Waals surface area contributed by atoms with Crippen LogP contribution in [0.3, 0.4) is 0 Å². The number of hydrogen-bond acceptors (Lipinski definition) is 4. The molecule has 0 amide bonds. The Kier molecular flexibility index (Phi) is 9.36. The topological polar surface area (TPSA) is 44.7 Å². The van der Waals surface area contributed by atoms with Crippen LogP contribution in [0.15, 0.2) is 10.5 Å². The van der Waals surface area contributed by atoms with Crippen LogP contribution in [0.1, 0.15) is 24.4 Å². The van der Waals surface area contributed by atoms with E-state index in [2.05, 4.69) is 26.1 Å². The van der Waals surface area contributed by atoms with Gasteiger partial charge in [-0.25, -0.2) is 4.39 Å². The lowest BCUT2D eigenvalue weighted by Gasteiger charge is -2.41. The van der Waals surface area contributed by atoms with Gasteiger partial charge in [-0.05, 0) is 40.8 Å². The first-order chi connectivity index (χ1) is 11.1. The second kappa shape index (κ2) is 10.2. The number of piperazine rings is 1. The molecule has 9 heteroatoms. The third-order valence-corrected chi connectivity index (χ3v) is 5.32. The molecule has 2 fully saturated rings. The molecule has 0 spiro atoms. The number of halogens is 5. The maximum Gasteiger partial charge on any atom is 0.201 e. The number of hydrogen-bond donors (Lipinski definition) is 2. The molecule has 0 aliphatic carbocycles. The number of rotatable bonds is 3. The molecule has 0 bridgehead atoms. The van der Waals surface area contributed by atoms with E-state index in [4.69, 9.17) is 4.74 Å². The summed E-state index contributed by atoms with van der Waals surface area (Å²) in [6.07, 6.45) is 1.70. The predicted octanol–water partition coefficient (Wildman–Crippen LogP) is 3.65. The summed E-state index contributed by atoms with van der Waals surface area (Å²) < 4.78 is 33.2. The second-order valence-electron chi connectivity index (χ2n) is 6.10. The monoisotopic (exact) mass is 462 g/mol. The molecule has 1 aromatic rings. The molecule has 0 aromatic heterocycles. The Morgan fingerprint density at radius 1 is 1.16 bits per heavy atom. The summed E-state index contributed by atoms with van der Waals surface area (Å²) in [6, 6.07) is 1.39. The average Bonchev–Trinajstić information content (AvgIpc) is 2.60. The SMILES string of the molecule is Cl.Cl.Oc1c([C@@H](C2CCOCC2)N2CCNCC2)cc(Br)c(F)c1F. The highest BCUT2D eigenvalue weighted by molar-refractivity contribution is 9.10. The zero-order chi connectivity index (χ0) is 16.4. The third kappa shape index (κ3) is 4.96. The summed E-state index contributed by atoms with van der Waals surface area (Å²) in [5.41, 5.74) is 0.463. The van der Waals surface area contributed by atoms with E-state index in [1.54, 1.807) is 0 Å². The Bertz CT molecular complexity index is 554. The van der Waals surface area contributed by atoms with Gasteiger partial charge in [-0.2, -0.15) is 4.39 Å². The predicted molar refractivity (Wildman–Crippen MR) is 101 cm³/mol. The molecule has 2 aliphatic heterocycles. The highest BCUT2D eigenvalue weighted by Crippen LogP contribution is 2.42. The molecule has 0 saturated carbocycles. The highest BCUT2D eigenvalue weighted by Gasteiger charge is 2.34. The first-order valence-corrected chi connectivity index (χ1v) is 8.77. The Morgan fingerprint density at radius 2 is 1.76 bits per heavy atom. The number of aromatic hydroxyl groups is 1. The van der Waals surface area contributed by atoms with Crippen LogP contribution in [-0.4, -0.2) is 49.4 Å². The van der Waals surface area contributed by atoms with Gasteiger partial charge in [0.25, 0.3) is 0 Å². The second-order valence-corrected chi connectivity index (χ2v) is 6.96. The molecule has 4 nitrogen and oxygen atoms in total. The molecule has 2 aliphatic rings. The van der Waals surface area contributed by atoms with Crippen molar-refractivity contribution in [3.05, 3.63) is 27.7 Å². The fourth-order valence-electron chi connectivity index (χ4n) is 3.57. The molecule has 2 saturated heterocycles. The van der Waals surface area contributed by atoms with Gasteiger partial charge in [-0.3, -0.25) is 4.90 Å². The Morgan fingerprint density at radius 3 is 2.36 bits per heavy atom. The fourth-order valence-corrected chi connectivity index (χ4v) is 3.99. The van der Waals surface area contributed by atoms with Gasteiger partial charge in [0, 0.05) is 51.0 Å². The molecule has 3 rings (SSSR count). The summed E-state index contributed by atoms with van der Waals surface area (Å²) in [4.78, 5) is 2.26. The summed E-state index contributed by atoms with van der Waals surface area (Å²) in [5, 5.41) is 13.5. The summed E-state index contributed by atoms with van der Waals surface area (Å²) in [7, 11) is 0. The van der Waals surface area contributed by atoms with E-state index in [0.29, 0.717) is 18.8 Å². The first kappa shape index (κ1) is 22.9. The molecule has 1 atom stereocenters. The van der Waals surface area contributed by atoms with Crippen molar-refractivity contribution in [2.45, 2.75) is 18.9 Å². The standard InChI is InChI=1S/C16H21BrF2N2O2.2ClH/c17-12-9-11(16(22)14(19)13(12)18)15(10-1-7-23-8-2-10)21-5-3-20-4-6-21;;/h9-10,15,20,22H,1-8H2;2*1H/t15-;;/m1../s1. The average molecular weight is 464 g/mol. The van der Waals surface area contributed by atoms with Gasteiger partial charge in [0.05, 0.1) is 4.47 Å². The van der Waals surface area contributed by atoms with Crippen LogP contribution in [0.4, 0.5) is 8.78 Å². The van der Waals surface area contributed by atoms with Crippen molar-refractivity contribution in [2.24, 2.45) is 5.92 Å². The van der Waals surface area contributed by atoms with Gasteiger partial charge in [0.1, 0.15) is 0 Å². The zero-order valence-electron chi connectivity index (χ0n) is 13.6. The summed E-state index contributed by atoms with van der Waals surface area (Å²) in [5.74, 6) is -2.54. The Balaban J connectivity index is 0.00000156. The van der Waals surface area contributed by atoms with Crippen LogP contribution < -0.4 is 5.32 Å². The van der Waals surface area contributed by atoms with Crippen LogP contribution in [0.5, 0.6) is 5.75 Å². The Hall–Kier alpha value is -0.180. The minimum absolute atomic E-state index is 0. The molecule has 2 heterocycles. The van der Waals surface area contributed by atoms with Crippen molar-refractivity contribution in [1.29, 1.82) is 0 Å². The van der Waals surface area contributed by atoms with E-state index in [1.165, 1.54) is 6.07 Å². The van der Waals surface area contributed by atoms with Gasteiger partial charge in [0.15, 0.2) is 11.6 Å². The molecular weight excluding hydrogens is 441 g/mol. The lowest BCUT2D eigenvalue weighted by atomic mass is 9.85. The van der Waals surface area contributed by atoms with Crippen LogP contribution in [0.25, 0.3) is 0 Å². The van der Waals surface area contributed by atoms with Crippen LogP contribution >= 0.6 is 40.7 Å². The summed E-state index contributed by atoms with van der Waals surface area (Å²) in [6.45, 7) is 4.67. The van der Waals surface area contributed by atoms with E-state index in [0.717, 1.165) is 39.0 Å². The fraction of sp³-hybridized carbons (Fsp3) is 0.625. The zero-order valence-corrected chi connectivity index (χ0v) is 16.9. The number of phenols is 1. The number of nitrogens with one attached hydrogen (secondary N) is 1. The number of phenolic OH excluding ortho intramolecular Hbond substituents is 1. The quantitative estimate of drug-likeness (QED) is 0.671. The van der Waals surface area contributed by atoms with Gasteiger partial charge >= 0.3 is 0 Å². The van der Waals surface area contributed by atoms with Crippen LogP contribution in [0.2, 0.25) is 0 Å². The van der Waals surface area contributed by atoms with Crippen LogP contribution in [-0.2, 0) is 4.74 Å². The van der Waals surface area contributed by atoms with Gasteiger partial charge in [-0.15, -0.1) is 24.8 Å². The maximum absolute atomic E-state index is 14.0. The van der Waals surface area contributed by atoms with Gasteiger partial charge in [0.2, 0.25) is 5.82 Å². The third-order valence-electron chi connectivity index (χ3n) is 4.74. The molecule has 144 valence electrons. The molecule has 1 aromatic carbocycles. The van der Waals surface area contributed by atoms with E-state index in [9.17, 15) is 13.9 Å². The minimum Gasteiger partial charge on any atom is -0.505 e. The van der Waals surface area contributed by atoms with Gasteiger partial charge in [-0.1, -0.05) is 0 Å². The maximum atomic E-state index is 14.0. The number of ether oxygens (including phenoxy) is 1. The largest absolute Gasteiger partial charge is 0.505 e. The van der Waals surface area contributed by atoms with Crippen molar-refractivity contribution in [2.75, 3.05) is 39.4 Å². The molecule has 0 unspecified atom stereocenters. The lowest BCUT2D eigenvalue weighted by Crippen LogP contribution is -2.47. The summed E-state index contributed by atoms with van der Waals surface area (Å²) >= 11 is 3.07. The normalized spacial score (nSPS) is 20.4. The van der Waals surface area contributed by atoms with E-state index in [-0.39, 0.29) is 41.2 Å². The van der Waals surface area contributed by atoms with Crippen molar-refractivity contribution in [3.8, 4) is 5.75 Å². The van der Waals surface area contributed by atoms with Crippen LogP contribution in [0, 0.1) is 17.6 Å². The number of nitrogens with zero attached hydrogens (tertiary/aromatic N) is 1. The van der Waals surface area contributed by atoms with Gasteiger partial charge < -0.3 is 15.2 Å². The van der Waals surface area contributed by atoms with Crippen molar-refractivity contribution in [1.82, 2.24) is 10.2 Å². The molecule has 25 heavy (non-hydrogen) atoms. The lowest BCUT2D eigenvalue weighted by molar-refractivity contribution is 0.0204.